The summed E-state index contributed by atoms with van der Waals surface area (Å²) in [5.41, 5.74) is 1.30. The third-order valence-corrected chi connectivity index (χ3v) is 7.18. The zero-order chi connectivity index (χ0) is 29.0. The number of amides is 2. The lowest BCUT2D eigenvalue weighted by Crippen LogP contribution is -2.52. The number of anilines is 1. The van der Waals surface area contributed by atoms with Crippen molar-refractivity contribution in [3.05, 3.63) is 53.6 Å². The minimum Gasteiger partial charge on any atom is -0.493 e. The normalized spacial score (nSPS) is 22.7. The molecule has 0 spiro atoms. The molecule has 2 fully saturated rings. The van der Waals surface area contributed by atoms with Gasteiger partial charge in [-0.15, -0.1) is 0 Å². The van der Waals surface area contributed by atoms with E-state index in [-0.39, 0.29) is 23.2 Å². The molecule has 8 nitrogen and oxygen atoms in total. The lowest BCUT2D eigenvalue weighted by Gasteiger charge is -2.45. The minimum atomic E-state index is -5.08. The number of likely N-dealkylation sites (N-methyl/N-ethyl adjacent to an activating group) is 1. The first-order chi connectivity index (χ1) is 18.3. The molecule has 0 unspecified atom stereocenters. The average molecular weight is 560 g/mol. The van der Waals surface area contributed by atoms with Gasteiger partial charge < -0.3 is 30.1 Å². The van der Waals surface area contributed by atoms with Crippen LogP contribution >= 0.6 is 0 Å². The number of nitrogens with one attached hydrogen (secondary N) is 2. The van der Waals surface area contributed by atoms with Crippen molar-refractivity contribution in [1.82, 2.24) is 10.2 Å². The summed E-state index contributed by atoms with van der Waals surface area (Å²) >= 11 is 0. The van der Waals surface area contributed by atoms with Crippen molar-refractivity contribution in [2.45, 2.75) is 49.4 Å². The maximum atomic E-state index is 13.4. The maximum absolute atomic E-state index is 13.4. The third kappa shape index (κ3) is 7.08. The molecule has 1 saturated heterocycles. The van der Waals surface area contributed by atoms with Gasteiger partial charge in [0.05, 0.1) is 14.2 Å². The molecule has 2 aliphatic rings. The van der Waals surface area contributed by atoms with Gasteiger partial charge in [0.2, 0.25) is 0 Å². The van der Waals surface area contributed by atoms with Gasteiger partial charge in [0.15, 0.2) is 11.5 Å². The molecule has 2 aromatic rings. The number of hydrogen-bond acceptors (Lipinski definition) is 5. The van der Waals surface area contributed by atoms with Gasteiger partial charge in [-0.2, -0.15) is 13.2 Å². The van der Waals surface area contributed by atoms with E-state index in [0.717, 1.165) is 56.2 Å². The number of carboxylic acids is 1. The van der Waals surface area contributed by atoms with Gasteiger partial charge in [-0.25, -0.2) is 18.4 Å². The molecule has 1 aliphatic heterocycles. The van der Waals surface area contributed by atoms with Gasteiger partial charge in [-0.3, -0.25) is 0 Å². The standard InChI is InChI=1S/C24H29F2N3O3.C2HF3O2/c1-29-9-8-24(15-4-5-20(31-2)21(10-15)32-3)7-6-18(14-22(24)29)27-23(30)28-19-12-16(25)11-17(26)13-19;3-2(4,5)1(6)7/h4-5,10-13,18,22H,6-9,14H2,1-3H3,(H2,27,28,30);(H,6,7)/t18-,22-,24+;/m1./s1. The first-order valence-corrected chi connectivity index (χ1v) is 12.1. The van der Waals surface area contributed by atoms with Crippen LogP contribution in [0.25, 0.3) is 0 Å². The van der Waals surface area contributed by atoms with Crippen molar-refractivity contribution in [1.29, 1.82) is 0 Å². The van der Waals surface area contributed by atoms with Crippen molar-refractivity contribution in [3.63, 3.8) is 0 Å². The molecule has 1 saturated carbocycles. The van der Waals surface area contributed by atoms with Gasteiger partial charge in [0, 0.05) is 29.3 Å². The number of halogens is 5. The quantitative estimate of drug-likeness (QED) is 0.450. The number of likely N-dealkylation sites (tertiary alicyclic amines) is 1. The Balaban J connectivity index is 0.000000532. The van der Waals surface area contributed by atoms with E-state index < -0.39 is 29.8 Å². The van der Waals surface area contributed by atoms with E-state index in [2.05, 4.69) is 34.7 Å². The van der Waals surface area contributed by atoms with E-state index in [1.54, 1.807) is 14.2 Å². The second-order valence-electron chi connectivity index (χ2n) is 9.50. The molecule has 1 heterocycles. The molecule has 0 radical (unpaired) electrons. The van der Waals surface area contributed by atoms with Crippen LogP contribution in [-0.2, 0) is 10.2 Å². The van der Waals surface area contributed by atoms with Crippen molar-refractivity contribution >= 4 is 17.7 Å². The number of urea groups is 1. The summed E-state index contributed by atoms with van der Waals surface area (Å²) in [5.74, 6) is -2.80. The van der Waals surface area contributed by atoms with Crippen molar-refractivity contribution in [2.75, 3.05) is 33.1 Å². The summed E-state index contributed by atoms with van der Waals surface area (Å²) < 4.78 is 69.5. The van der Waals surface area contributed by atoms with Crippen LogP contribution in [0.5, 0.6) is 11.5 Å². The molecule has 3 N–H and O–H groups in total. The predicted molar refractivity (Wildman–Crippen MR) is 132 cm³/mol. The number of alkyl halides is 3. The van der Waals surface area contributed by atoms with E-state index in [1.165, 1.54) is 5.56 Å². The Hall–Kier alpha value is -3.61. The Bertz CT molecular complexity index is 1170. The number of ether oxygens (including phenoxy) is 2. The van der Waals surface area contributed by atoms with Crippen LogP contribution < -0.4 is 20.1 Å². The molecule has 3 atom stereocenters. The molecule has 1 aliphatic carbocycles. The summed E-state index contributed by atoms with van der Waals surface area (Å²) in [6, 6.07) is 8.86. The Labute approximate surface area is 222 Å². The number of rotatable bonds is 5. The molecule has 0 bridgehead atoms. The summed E-state index contributed by atoms with van der Waals surface area (Å²) in [7, 11) is 5.38. The molecule has 39 heavy (non-hydrogen) atoms. The number of carbonyl (C=O) groups excluding carboxylic acids is 1. The van der Waals surface area contributed by atoms with Gasteiger partial charge >= 0.3 is 18.2 Å². The summed E-state index contributed by atoms with van der Waals surface area (Å²) in [5, 5.41) is 12.6. The number of aliphatic carboxylic acids is 1. The number of methoxy groups -OCH3 is 2. The monoisotopic (exact) mass is 559 g/mol. The highest BCUT2D eigenvalue weighted by atomic mass is 19.4. The second kappa shape index (κ2) is 12.1. The molecular formula is C26H30F5N3O5. The first kappa shape index (κ1) is 29.9. The van der Waals surface area contributed by atoms with Crippen LogP contribution in [0, 0.1) is 11.6 Å². The molecule has 2 aromatic carbocycles. The fraction of sp³-hybridized carbons (Fsp3) is 0.462. The fourth-order valence-corrected chi connectivity index (χ4v) is 5.37. The van der Waals surface area contributed by atoms with Gasteiger partial charge in [-0.1, -0.05) is 6.07 Å². The highest BCUT2D eigenvalue weighted by molar-refractivity contribution is 5.89. The van der Waals surface area contributed by atoms with Crippen LogP contribution in [0.4, 0.5) is 32.4 Å². The fourth-order valence-electron chi connectivity index (χ4n) is 5.37. The van der Waals surface area contributed by atoms with Crippen LogP contribution in [0.1, 0.15) is 31.2 Å². The van der Waals surface area contributed by atoms with E-state index in [4.69, 9.17) is 19.4 Å². The van der Waals surface area contributed by atoms with Gasteiger partial charge in [-0.05, 0) is 69.1 Å². The zero-order valence-electron chi connectivity index (χ0n) is 21.6. The first-order valence-electron chi connectivity index (χ1n) is 12.1. The van der Waals surface area contributed by atoms with E-state index in [1.807, 2.05) is 6.07 Å². The molecule has 2 amide bonds. The Kier molecular flexibility index (Phi) is 9.26. The number of nitrogens with zero attached hydrogens (tertiary/aromatic N) is 1. The Morgan fingerprint density at radius 2 is 1.64 bits per heavy atom. The molecule has 4 rings (SSSR count). The maximum Gasteiger partial charge on any atom is 0.490 e. The highest BCUT2D eigenvalue weighted by Gasteiger charge is 2.50. The second-order valence-corrected chi connectivity index (χ2v) is 9.50. The lowest BCUT2D eigenvalue weighted by atomic mass is 9.65. The molecular weight excluding hydrogens is 529 g/mol. The summed E-state index contributed by atoms with van der Waals surface area (Å²) in [4.78, 5) is 23.7. The predicted octanol–water partition coefficient (Wildman–Crippen LogP) is 4.93. The summed E-state index contributed by atoms with van der Waals surface area (Å²) in [6.45, 7) is 0.973. The zero-order valence-corrected chi connectivity index (χ0v) is 21.6. The lowest BCUT2D eigenvalue weighted by molar-refractivity contribution is -0.192. The van der Waals surface area contributed by atoms with Crippen molar-refractivity contribution in [3.8, 4) is 11.5 Å². The Morgan fingerprint density at radius 3 is 2.21 bits per heavy atom. The number of carboxylic acid groups (broad SMARTS) is 1. The minimum absolute atomic E-state index is 0.0192. The smallest absolute Gasteiger partial charge is 0.490 e. The van der Waals surface area contributed by atoms with Gasteiger partial charge in [0.25, 0.3) is 0 Å². The number of hydrogen-bond donors (Lipinski definition) is 3. The number of carbonyl (C=O) groups is 2. The molecule has 214 valence electrons. The number of fused-ring (bicyclic) bond motifs is 1. The van der Waals surface area contributed by atoms with Crippen LogP contribution in [0.3, 0.4) is 0 Å². The Morgan fingerprint density at radius 1 is 1.03 bits per heavy atom. The summed E-state index contributed by atoms with van der Waals surface area (Å²) in [6.07, 6.45) is -1.54. The average Bonchev–Trinajstić information content (AvgIpc) is 3.19. The van der Waals surface area contributed by atoms with E-state index in [9.17, 15) is 26.7 Å². The van der Waals surface area contributed by atoms with Crippen molar-refractivity contribution < 1.29 is 46.1 Å². The molecule has 0 aromatic heterocycles. The van der Waals surface area contributed by atoms with E-state index >= 15 is 0 Å². The molecule has 13 heteroatoms. The van der Waals surface area contributed by atoms with Crippen LogP contribution in [0.15, 0.2) is 36.4 Å². The van der Waals surface area contributed by atoms with E-state index in [0.29, 0.717) is 5.75 Å². The highest BCUT2D eigenvalue weighted by Crippen LogP contribution is 2.49. The third-order valence-electron chi connectivity index (χ3n) is 7.18. The topological polar surface area (TPSA) is 100 Å². The number of benzene rings is 2. The van der Waals surface area contributed by atoms with Crippen LogP contribution in [-0.4, -0.2) is 68.1 Å². The van der Waals surface area contributed by atoms with Crippen LogP contribution in [0.2, 0.25) is 0 Å². The van der Waals surface area contributed by atoms with Gasteiger partial charge in [0.1, 0.15) is 11.6 Å². The van der Waals surface area contributed by atoms with Crippen molar-refractivity contribution in [2.24, 2.45) is 0 Å². The largest absolute Gasteiger partial charge is 0.493 e. The SMILES string of the molecule is COc1ccc([C@@]23CC[C@@H](NC(=O)Nc4cc(F)cc(F)c4)C[C@H]2N(C)CC3)cc1OC.O=C(O)C(F)(F)F.